The third kappa shape index (κ3) is 4.85. The molecule has 4 heteroatoms. The molecular formula is C16H25NO3. The number of carboxylic acid groups (broad SMARTS) is 1. The van der Waals surface area contributed by atoms with E-state index in [0.29, 0.717) is 19.6 Å². The largest absolute Gasteiger partial charge is 0.492 e. The van der Waals surface area contributed by atoms with Crippen molar-refractivity contribution in [1.29, 1.82) is 0 Å². The molecule has 1 unspecified atom stereocenters. The van der Waals surface area contributed by atoms with Gasteiger partial charge in [-0.05, 0) is 50.5 Å². The average Bonchev–Trinajstić information content (AvgIpc) is 2.33. The van der Waals surface area contributed by atoms with E-state index in [1.807, 2.05) is 32.9 Å². The minimum Gasteiger partial charge on any atom is -0.492 e. The van der Waals surface area contributed by atoms with Gasteiger partial charge in [-0.15, -0.1) is 0 Å². The van der Waals surface area contributed by atoms with E-state index in [1.165, 1.54) is 0 Å². The smallest absolute Gasteiger partial charge is 0.323 e. The fourth-order valence-electron chi connectivity index (χ4n) is 2.28. The average molecular weight is 279 g/mol. The molecule has 0 aliphatic heterocycles. The second-order valence-corrected chi connectivity index (χ2v) is 5.49. The Morgan fingerprint density at radius 1 is 1.30 bits per heavy atom. The Bertz CT molecular complexity index is 439. The topological polar surface area (TPSA) is 58.6 Å². The Labute approximate surface area is 121 Å². The van der Waals surface area contributed by atoms with Crippen LogP contribution < -0.4 is 10.1 Å². The van der Waals surface area contributed by atoms with Gasteiger partial charge in [-0.1, -0.05) is 19.4 Å². The Hall–Kier alpha value is -1.55. The van der Waals surface area contributed by atoms with Crippen molar-refractivity contribution in [1.82, 2.24) is 5.32 Å². The Kier molecular flexibility index (Phi) is 6.02. The van der Waals surface area contributed by atoms with Crippen LogP contribution in [0.2, 0.25) is 0 Å². The van der Waals surface area contributed by atoms with Crippen molar-refractivity contribution in [3.05, 3.63) is 29.3 Å². The number of carboxylic acids is 1. The van der Waals surface area contributed by atoms with Gasteiger partial charge in [-0.3, -0.25) is 10.1 Å². The number of aliphatic carboxylic acids is 1. The van der Waals surface area contributed by atoms with E-state index in [2.05, 4.69) is 11.4 Å². The van der Waals surface area contributed by atoms with Gasteiger partial charge in [0.15, 0.2) is 0 Å². The maximum Gasteiger partial charge on any atom is 0.323 e. The van der Waals surface area contributed by atoms with Crippen LogP contribution in [0.4, 0.5) is 0 Å². The van der Waals surface area contributed by atoms with Crippen molar-refractivity contribution in [2.45, 2.75) is 46.1 Å². The van der Waals surface area contributed by atoms with Crippen molar-refractivity contribution in [2.24, 2.45) is 0 Å². The van der Waals surface area contributed by atoms with Gasteiger partial charge < -0.3 is 9.84 Å². The number of hydrogen-bond acceptors (Lipinski definition) is 3. The van der Waals surface area contributed by atoms with E-state index in [1.54, 1.807) is 6.92 Å². The van der Waals surface area contributed by atoms with Crippen molar-refractivity contribution >= 4 is 5.97 Å². The Morgan fingerprint density at radius 2 is 1.90 bits per heavy atom. The van der Waals surface area contributed by atoms with Crippen LogP contribution in [0.3, 0.4) is 0 Å². The molecule has 0 saturated carbocycles. The lowest BCUT2D eigenvalue weighted by Crippen LogP contribution is -2.50. The van der Waals surface area contributed by atoms with Crippen molar-refractivity contribution in [3.8, 4) is 5.75 Å². The fraction of sp³-hybridized carbons (Fsp3) is 0.562. The highest BCUT2D eigenvalue weighted by molar-refractivity contribution is 5.78. The zero-order chi connectivity index (χ0) is 15.2. The predicted octanol–water partition coefficient (Wildman–Crippen LogP) is 2.92. The lowest BCUT2D eigenvalue weighted by atomic mass is 9.96. The second kappa shape index (κ2) is 7.29. The quantitative estimate of drug-likeness (QED) is 0.718. The number of hydrogen-bond donors (Lipinski definition) is 2. The highest BCUT2D eigenvalue weighted by Gasteiger charge is 2.30. The zero-order valence-electron chi connectivity index (χ0n) is 12.8. The molecule has 0 saturated heterocycles. The van der Waals surface area contributed by atoms with Crippen LogP contribution in [0.1, 0.15) is 37.8 Å². The molecule has 0 aliphatic rings. The second-order valence-electron chi connectivity index (χ2n) is 5.49. The summed E-state index contributed by atoms with van der Waals surface area (Å²) < 4.78 is 5.67. The molecule has 0 bridgehead atoms. The zero-order valence-corrected chi connectivity index (χ0v) is 12.8. The van der Waals surface area contributed by atoms with Gasteiger partial charge in [0, 0.05) is 6.54 Å². The number of benzene rings is 1. The van der Waals surface area contributed by atoms with Gasteiger partial charge in [0.2, 0.25) is 0 Å². The molecule has 0 spiro atoms. The lowest BCUT2D eigenvalue weighted by molar-refractivity contribution is -0.144. The molecule has 20 heavy (non-hydrogen) atoms. The van der Waals surface area contributed by atoms with Crippen LogP contribution in [-0.2, 0) is 4.79 Å². The molecule has 0 radical (unpaired) electrons. The van der Waals surface area contributed by atoms with Gasteiger partial charge in [-0.2, -0.15) is 0 Å². The predicted molar refractivity (Wildman–Crippen MR) is 80.4 cm³/mol. The molecule has 1 aromatic carbocycles. The van der Waals surface area contributed by atoms with E-state index in [9.17, 15) is 9.90 Å². The molecule has 2 N–H and O–H groups in total. The summed E-state index contributed by atoms with van der Waals surface area (Å²) in [6.45, 7) is 8.72. The molecule has 1 rings (SSSR count). The molecule has 112 valence electrons. The summed E-state index contributed by atoms with van der Waals surface area (Å²) in [7, 11) is 0. The number of rotatable bonds is 8. The van der Waals surface area contributed by atoms with Crippen LogP contribution in [0.5, 0.6) is 5.75 Å². The highest BCUT2D eigenvalue weighted by Crippen LogP contribution is 2.16. The molecule has 0 amide bonds. The summed E-state index contributed by atoms with van der Waals surface area (Å²) in [5.41, 5.74) is 1.45. The molecule has 0 heterocycles. The van der Waals surface area contributed by atoms with Crippen LogP contribution >= 0.6 is 0 Å². The third-order valence-corrected chi connectivity index (χ3v) is 3.30. The van der Waals surface area contributed by atoms with E-state index >= 15 is 0 Å². The molecular weight excluding hydrogens is 254 g/mol. The van der Waals surface area contributed by atoms with Gasteiger partial charge in [0.1, 0.15) is 17.9 Å². The Morgan fingerprint density at radius 3 is 2.40 bits per heavy atom. The molecule has 0 fully saturated rings. The van der Waals surface area contributed by atoms with E-state index in [0.717, 1.165) is 23.3 Å². The molecule has 0 aliphatic carbocycles. The van der Waals surface area contributed by atoms with Crippen LogP contribution in [0.15, 0.2) is 18.2 Å². The maximum atomic E-state index is 11.3. The van der Waals surface area contributed by atoms with Gasteiger partial charge in [-0.25, -0.2) is 0 Å². The van der Waals surface area contributed by atoms with Crippen molar-refractivity contribution in [2.75, 3.05) is 13.2 Å². The summed E-state index contributed by atoms with van der Waals surface area (Å²) in [4.78, 5) is 11.3. The van der Waals surface area contributed by atoms with Gasteiger partial charge in [0.25, 0.3) is 0 Å². The fourth-order valence-corrected chi connectivity index (χ4v) is 2.28. The number of carbonyl (C=O) groups is 1. The first kappa shape index (κ1) is 16.5. The van der Waals surface area contributed by atoms with E-state index in [4.69, 9.17) is 4.74 Å². The maximum absolute atomic E-state index is 11.3. The summed E-state index contributed by atoms with van der Waals surface area (Å²) in [5, 5.41) is 12.3. The summed E-state index contributed by atoms with van der Waals surface area (Å²) in [6.07, 6.45) is 1.43. The standard InChI is InChI=1S/C16H25NO3/c1-5-6-16(4,15(18)19)17-7-8-20-14-10-12(2)9-13(3)11-14/h9-11,17H,5-8H2,1-4H3,(H,18,19). The van der Waals surface area contributed by atoms with E-state index < -0.39 is 11.5 Å². The monoisotopic (exact) mass is 279 g/mol. The first-order valence-electron chi connectivity index (χ1n) is 7.07. The SMILES string of the molecule is CCCC(C)(NCCOc1cc(C)cc(C)c1)C(=O)O. The summed E-state index contributed by atoms with van der Waals surface area (Å²) in [6, 6.07) is 6.05. The first-order valence-corrected chi connectivity index (χ1v) is 7.07. The number of aryl methyl sites for hydroxylation is 2. The van der Waals surface area contributed by atoms with E-state index in [-0.39, 0.29) is 0 Å². The lowest BCUT2D eigenvalue weighted by Gasteiger charge is -2.25. The molecule has 1 aromatic rings. The third-order valence-electron chi connectivity index (χ3n) is 3.30. The first-order chi connectivity index (χ1) is 9.37. The Balaban J connectivity index is 2.46. The highest BCUT2D eigenvalue weighted by atomic mass is 16.5. The minimum absolute atomic E-state index is 0.454. The number of ether oxygens (including phenoxy) is 1. The molecule has 0 aromatic heterocycles. The van der Waals surface area contributed by atoms with Crippen LogP contribution in [0.25, 0.3) is 0 Å². The van der Waals surface area contributed by atoms with Crippen LogP contribution in [-0.4, -0.2) is 29.8 Å². The minimum atomic E-state index is -0.874. The summed E-state index contributed by atoms with van der Waals surface area (Å²) >= 11 is 0. The van der Waals surface area contributed by atoms with Gasteiger partial charge >= 0.3 is 5.97 Å². The van der Waals surface area contributed by atoms with Crippen LogP contribution in [0, 0.1) is 13.8 Å². The normalized spacial score (nSPS) is 13.8. The summed E-state index contributed by atoms with van der Waals surface area (Å²) in [5.74, 6) is 0.0163. The van der Waals surface area contributed by atoms with Crippen molar-refractivity contribution in [3.63, 3.8) is 0 Å². The van der Waals surface area contributed by atoms with Crippen molar-refractivity contribution < 1.29 is 14.6 Å². The number of nitrogens with one attached hydrogen (secondary N) is 1. The molecule has 1 atom stereocenters. The molecule has 4 nitrogen and oxygen atoms in total. The van der Waals surface area contributed by atoms with Gasteiger partial charge in [0.05, 0.1) is 0 Å².